The van der Waals surface area contributed by atoms with Gasteiger partial charge < -0.3 is 19.5 Å². The number of methoxy groups -OCH3 is 1. The summed E-state index contributed by atoms with van der Waals surface area (Å²) in [6, 6.07) is 6.65. The molecular formula is C15H23NO3. The van der Waals surface area contributed by atoms with E-state index in [0.29, 0.717) is 12.6 Å². The summed E-state index contributed by atoms with van der Waals surface area (Å²) < 4.78 is 16.2. The van der Waals surface area contributed by atoms with Crippen molar-refractivity contribution in [1.82, 2.24) is 5.32 Å². The highest BCUT2D eigenvalue weighted by Gasteiger charge is 2.13. The van der Waals surface area contributed by atoms with Gasteiger partial charge in [0.2, 0.25) is 0 Å². The van der Waals surface area contributed by atoms with E-state index < -0.39 is 0 Å². The van der Waals surface area contributed by atoms with Gasteiger partial charge in [-0.1, -0.05) is 6.07 Å². The number of benzene rings is 1. The second kappa shape index (κ2) is 7.36. The Morgan fingerprint density at radius 2 is 2.05 bits per heavy atom. The Balaban J connectivity index is 1.93. The second-order valence-electron chi connectivity index (χ2n) is 4.69. The molecule has 0 bridgehead atoms. The van der Waals surface area contributed by atoms with Crippen LogP contribution in [0.25, 0.3) is 0 Å². The summed E-state index contributed by atoms with van der Waals surface area (Å²) in [4.78, 5) is 0. The Hall–Kier alpha value is -1.26. The molecule has 2 rings (SSSR count). The molecule has 0 atom stereocenters. The van der Waals surface area contributed by atoms with Gasteiger partial charge in [-0.15, -0.1) is 0 Å². The Bertz CT molecular complexity index is 389. The van der Waals surface area contributed by atoms with Gasteiger partial charge in [0.05, 0.1) is 13.7 Å². The number of hydrogen-bond acceptors (Lipinski definition) is 4. The van der Waals surface area contributed by atoms with Gasteiger partial charge in [-0.25, -0.2) is 0 Å². The Kier molecular flexibility index (Phi) is 5.48. The molecule has 1 heterocycles. The van der Waals surface area contributed by atoms with Crippen LogP contribution in [0.2, 0.25) is 0 Å². The molecule has 4 nitrogen and oxygen atoms in total. The lowest BCUT2D eigenvalue weighted by atomic mass is 10.1. The second-order valence-corrected chi connectivity index (χ2v) is 4.69. The van der Waals surface area contributed by atoms with Crippen molar-refractivity contribution >= 4 is 0 Å². The third-order valence-corrected chi connectivity index (χ3v) is 3.34. The van der Waals surface area contributed by atoms with Gasteiger partial charge in [0.1, 0.15) is 0 Å². The van der Waals surface area contributed by atoms with Gasteiger partial charge in [-0.2, -0.15) is 0 Å². The molecule has 4 heteroatoms. The fourth-order valence-corrected chi connectivity index (χ4v) is 2.26. The van der Waals surface area contributed by atoms with Crippen molar-refractivity contribution in [3.63, 3.8) is 0 Å². The zero-order chi connectivity index (χ0) is 13.5. The molecule has 19 heavy (non-hydrogen) atoms. The fraction of sp³-hybridized carbons (Fsp3) is 0.600. The molecule has 1 aliphatic rings. The van der Waals surface area contributed by atoms with Crippen LogP contribution in [0.5, 0.6) is 11.5 Å². The minimum Gasteiger partial charge on any atom is -0.493 e. The Morgan fingerprint density at radius 3 is 2.74 bits per heavy atom. The van der Waals surface area contributed by atoms with Gasteiger partial charge in [-0.05, 0) is 37.5 Å². The molecule has 0 amide bonds. The third kappa shape index (κ3) is 4.11. The lowest BCUT2D eigenvalue weighted by Gasteiger charge is -2.23. The van der Waals surface area contributed by atoms with Gasteiger partial charge in [-0.3, -0.25) is 0 Å². The maximum Gasteiger partial charge on any atom is 0.161 e. The first-order chi connectivity index (χ1) is 9.33. The quantitative estimate of drug-likeness (QED) is 0.857. The molecule has 0 saturated carbocycles. The van der Waals surface area contributed by atoms with Gasteiger partial charge in [0, 0.05) is 25.8 Å². The SMILES string of the molecule is CCOc1cc(CNC2CCOCC2)ccc1OC. The minimum atomic E-state index is 0.561. The van der Waals surface area contributed by atoms with Gasteiger partial charge in [0.25, 0.3) is 0 Å². The Morgan fingerprint density at radius 1 is 1.26 bits per heavy atom. The van der Waals surface area contributed by atoms with Crippen LogP contribution >= 0.6 is 0 Å². The normalized spacial score (nSPS) is 16.3. The number of hydrogen-bond donors (Lipinski definition) is 1. The average molecular weight is 265 g/mol. The molecule has 0 aliphatic carbocycles. The van der Waals surface area contributed by atoms with E-state index in [1.807, 2.05) is 13.0 Å². The highest BCUT2D eigenvalue weighted by molar-refractivity contribution is 5.42. The average Bonchev–Trinajstić information content (AvgIpc) is 2.47. The molecule has 1 aromatic carbocycles. The largest absolute Gasteiger partial charge is 0.493 e. The first kappa shape index (κ1) is 14.2. The van der Waals surface area contributed by atoms with Crippen LogP contribution in [0, 0.1) is 0 Å². The van der Waals surface area contributed by atoms with Crippen molar-refractivity contribution < 1.29 is 14.2 Å². The van der Waals surface area contributed by atoms with Gasteiger partial charge >= 0.3 is 0 Å². The first-order valence-electron chi connectivity index (χ1n) is 6.94. The molecule has 0 aromatic heterocycles. The maximum atomic E-state index is 5.59. The van der Waals surface area contributed by atoms with Crippen LogP contribution in [-0.4, -0.2) is 33.0 Å². The molecule has 106 valence electrons. The van der Waals surface area contributed by atoms with E-state index in [1.165, 1.54) is 5.56 Å². The Labute approximate surface area is 115 Å². The van der Waals surface area contributed by atoms with Crippen LogP contribution in [0.1, 0.15) is 25.3 Å². The zero-order valence-corrected chi connectivity index (χ0v) is 11.8. The number of rotatable bonds is 6. The van der Waals surface area contributed by atoms with E-state index in [4.69, 9.17) is 14.2 Å². The molecule has 1 N–H and O–H groups in total. The highest BCUT2D eigenvalue weighted by atomic mass is 16.5. The predicted molar refractivity (Wildman–Crippen MR) is 74.8 cm³/mol. The lowest BCUT2D eigenvalue weighted by molar-refractivity contribution is 0.0776. The van der Waals surface area contributed by atoms with E-state index in [1.54, 1.807) is 7.11 Å². The van der Waals surface area contributed by atoms with Crippen molar-refractivity contribution in [1.29, 1.82) is 0 Å². The summed E-state index contributed by atoms with van der Waals surface area (Å²) in [6.45, 7) is 5.21. The molecule has 1 fully saturated rings. The summed E-state index contributed by atoms with van der Waals surface area (Å²) in [5.74, 6) is 1.60. The minimum absolute atomic E-state index is 0.561. The lowest BCUT2D eigenvalue weighted by Crippen LogP contribution is -2.34. The van der Waals surface area contributed by atoms with Crippen molar-refractivity contribution in [2.75, 3.05) is 26.9 Å². The fourth-order valence-electron chi connectivity index (χ4n) is 2.26. The van der Waals surface area contributed by atoms with Crippen molar-refractivity contribution in [3.8, 4) is 11.5 Å². The van der Waals surface area contributed by atoms with E-state index in [0.717, 1.165) is 44.1 Å². The molecule has 0 spiro atoms. The van der Waals surface area contributed by atoms with E-state index in [-0.39, 0.29) is 0 Å². The summed E-state index contributed by atoms with van der Waals surface area (Å²) in [5, 5.41) is 3.57. The molecule has 1 saturated heterocycles. The van der Waals surface area contributed by atoms with Gasteiger partial charge in [0.15, 0.2) is 11.5 Å². The smallest absolute Gasteiger partial charge is 0.161 e. The number of ether oxygens (including phenoxy) is 3. The third-order valence-electron chi connectivity index (χ3n) is 3.34. The summed E-state index contributed by atoms with van der Waals surface area (Å²) in [6.07, 6.45) is 2.18. The number of nitrogens with one attached hydrogen (secondary N) is 1. The molecule has 1 aromatic rings. The van der Waals surface area contributed by atoms with Crippen LogP contribution in [0.4, 0.5) is 0 Å². The maximum absolute atomic E-state index is 5.59. The summed E-state index contributed by atoms with van der Waals surface area (Å²) in [7, 11) is 1.66. The van der Waals surface area contributed by atoms with Crippen LogP contribution < -0.4 is 14.8 Å². The predicted octanol–water partition coefficient (Wildman–Crippen LogP) is 2.36. The standard InChI is InChI=1S/C15H23NO3/c1-3-19-15-10-12(4-5-14(15)17-2)11-16-13-6-8-18-9-7-13/h4-5,10,13,16H,3,6-9,11H2,1-2H3. The monoisotopic (exact) mass is 265 g/mol. The summed E-state index contributed by atoms with van der Waals surface area (Å²) >= 11 is 0. The first-order valence-corrected chi connectivity index (χ1v) is 6.94. The topological polar surface area (TPSA) is 39.7 Å². The van der Waals surface area contributed by atoms with Crippen LogP contribution in [0.15, 0.2) is 18.2 Å². The van der Waals surface area contributed by atoms with Crippen LogP contribution in [-0.2, 0) is 11.3 Å². The zero-order valence-electron chi connectivity index (χ0n) is 11.8. The van der Waals surface area contributed by atoms with Crippen molar-refractivity contribution in [2.45, 2.75) is 32.4 Å². The molecule has 1 aliphatic heterocycles. The van der Waals surface area contributed by atoms with Crippen molar-refractivity contribution in [2.24, 2.45) is 0 Å². The van der Waals surface area contributed by atoms with Crippen molar-refractivity contribution in [3.05, 3.63) is 23.8 Å². The molecule has 0 unspecified atom stereocenters. The van der Waals surface area contributed by atoms with E-state index in [2.05, 4.69) is 17.4 Å². The van der Waals surface area contributed by atoms with Crippen LogP contribution in [0.3, 0.4) is 0 Å². The molecular weight excluding hydrogens is 242 g/mol. The van der Waals surface area contributed by atoms with E-state index >= 15 is 0 Å². The molecule has 0 radical (unpaired) electrons. The van der Waals surface area contributed by atoms with E-state index in [9.17, 15) is 0 Å². The summed E-state index contributed by atoms with van der Waals surface area (Å²) in [5.41, 5.74) is 1.22. The highest BCUT2D eigenvalue weighted by Crippen LogP contribution is 2.28.